The van der Waals surface area contributed by atoms with Gasteiger partial charge >= 0.3 is 0 Å². The Morgan fingerprint density at radius 2 is 1.96 bits per heavy atom. The van der Waals surface area contributed by atoms with Crippen molar-refractivity contribution in [2.45, 2.75) is 38.0 Å². The largest absolute Gasteiger partial charge is 0.396 e. The molecule has 0 bridgehead atoms. The van der Waals surface area contributed by atoms with Crippen LogP contribution in [0.5, 0.6) is 0 Å². The van der Waals surface area contributed by atoms with Crippen molar-refractivity contribution >= 4 is 51.6 Å². The predicted octanol–water partition coefficient (Wildman–Crippen LogP) is 2.59. The summed E-state index contributed by atoms with van der Waals surface area (Å²) in [5.74, 6) is 0.982. The number of aliphatic imine (C=N–C) groups is 1. The van der Waals surface area contributed by atoms with Crippen molar-refractivity contribution in [1.82, 2.24) is 15.4 Å². The molecule has 0 heterocycles. The minimum atomic E-state index is -3.60. The molecule has 162 valence electrons. The predicted molar refractivity (Wildman–Crippen MR) is 126 cm³/mol. The zero-order valence-corrected chi connectivity index (χ0v) is 20.4. The Morgan fingerprint density at radius 1 is 1.21 bits per heavy atom. The lowest BCUT2D eigenvalue weighted by Crippen LogP contribution is -2.41. The van der Waals surface area contributed by atoms with E-state index in [1.807, 2.05) is 6.92 Å². The van der Waals surface area contributed by atoms with Gasteiger partial charge in [0, 0.05) is 37.8 Å². The first-order valence-electron chi connectivity index (χ1n) is 9.31. The fourth-order valence-corrected chi connectivity index (χ4v) is 3.90. The second kappa shape index (κ2) is 15.3. The maximum atomic E-state index is 12.2. The molecule has 1 rings (SSSR count). The quantitative estimate of drug-likeness (QED) is 0.140. The third-order valence-corrected chi connectivity index (χ3v) is 5.60. The summed E-state index contributed by atoms with van der Waals surface area (Å²) in [6, 6.07) is 6.15. The summed E-state index contributed by atoms with van der Waals surface area (Å²) in [4.78, 5) is 4.68. The smallest absolute Gasteiger partial charge is 0.240 e. The third kappa shape index (κ3) is 10.8. The maximum Gasteiger partial charge on any atom is 0.240 e. The minimum Gasteiger partial charge on any atom is -0.396 e. The van der Waals surface area contributed by atoms with E-state index in [0.717, 1.165) is 19.3 Å². The summed E-state index contributed by atoms with van der Waals surface area (Å²) < 4.78 is 27.0. The Balaban J connectivity index is 0.00000729. The standard InChI is InChI=1S/C18H31ClN4O3S.HI/c1-3-6-15(9-12-24)14-22-18(20-4-2)21-10-11-23-27(25,26)17-8-5-7-16(19)13-17;/h5,7-8,13,15,23-24H,3-4,6,9-12,14H2,1-2H3,(H2,20,21,22);1H. The molecule has 0 spiro atoms. The van der Waals surface area contributed by atoms with Crippen LogP contribution in [0.15, 0.2) is 34.2 Å². The lowest BCUT2D eigenvalue weighted by Gasteiger charge is -2.15. The van der Waals surface area contributed by atoms with Crippen LogP contribution in [-0.4, -0.2) is 52.3 Å². The van der Waals surface area contributed by atoms with Crippen molar-refractivity contribution in [3.8, 4) is 0 Å². The molecule has 0 aliphatic carbocycles. The van der Waals surface area contributed by atoms with Crippen molar-refractivity contribution in [2.24, 2.45) is 10.9 Å². The number of aliphatic hydroxyl groups is 1. The Bertz CT molecular complexity index is 683. The van der Waals surface area contributed by atoms with Gasteiger partial charge in [-0.3, -0.25) is 4.99 Å². The van der Waals surface area contributed by atoms with Crippen molar-refractivity contribution in [1.29, 1.82) is 0 Å². The molecular weight excluding hydrogens is 515 g/mol. The molecule has 0 radical (unpaired) electrons. The highest BCUT2D eigenvalue weighted by atomic mass is 127. The van der Waals surface area contributed by atoms with Crippen LogP contribution in [0.4, 0.5) is 0 Å². The van der Waals surface area contributed by atoms with Gasteiger partial charge < -0.3 is 15.7 Å². The molecule has 28 heavy (non-hydrogen) atoms. The summed E-state index contributed by atoms with van der Waals surface area (Å²) in [5, 5.41) is 15.8. The van der Waals surface area contributed by atoms with Gasteiger partial charge in [0.05, 0.1) is 4.90 Å². The van der Waals surface area contributed by atoms with E-state index in [9.17, 15) is 8.42 Å². The van der Waals surface area contributed by atoms with Gasteiger partial charge in [-0.1, -0.05) is 31.0 Å². The van der Waals surface area contributed by atoms with Gasteiger partial charge in [0.2, 0.25) is 10.0 Å². The molecule has 0 fully saturated rings. The highest BCUT2D eigenvalue weighted by Crippen LogP contribution is 2.15. The molecule has 10 heteroatoms. The van der Waals surface area contributed by atoms with E-state index in [1.54, 1.807) is 12.1 Å². The summed E-state index contributed by atoms with van der Waals surface area (Å²) in [6.45, 7) is 6.18. The van der Waals surface area contributed by atoms with Crippen LogP contribution in [0, 0.1) is 5.92 Å². The van der Waals surface area contributed by atoms with Crippen LogP contribution in [-0.2, 0) is 10.0 Å². The van der Waals surface area contributed by atoms with Crippen LogP contribution in [0.1, 0.15) is 33.1 Å². The average Bonchev–Trinajstić information content (AvgIpc) is 2.63. The molecule has 0 aromatic heterocycles. The van der Waals surface area contributed by atoms with Crippen molar-refractivity contribution in [2.75, 3.05) is 32.8 Å². The fraction of sp³-hybridized carbons (Fsp3) is 0.611. The second-order valence-electron chi connectivity index (χ2n) is 6.17. The van der Waals surface area contributed by atoms with E-state index < -0.39 is 10.0 Å². The van der Waals surface area contributed by atoms with Gasteiger partial charge in [0.1, 0.15) is 0 Å². The number of rotatable bonds is 12. The van der Waals surface area contributed by atoms with Gasteiger partial charge in [-0.05, 0) is 43.9 Å². The Morgan fingerprint density at radius 3 is 2.57 bits per heavy atom. The number of halogens is 2. The van der Waals surface area contributed by atoms with Gasteiger partial charge in [-0.15, -0.1) is 24.0 Å². The topological polar surface area (TPSA) is 103 Å². The molecular formula is C18H32ClIN4O3S. The van der Waals surface area contributed by atoms with E-state index >= 15 is 0 Å². The summed E-state index contributed by atoms with van der Waals surface area (Å²) >= 11 is 5.85. The Hall–Kier alpha value is -0.620. The highest BCUT2D eigenvalue weighted by Gasteiger charge is 2.13. The number of hydrogen-bond donors (Lipinski definition) is 4. The van der Waals surface area contributed by atoms with E-state index in [4.69, 9.17) is 16.7 Å². The maximum absolute atomic E-state index is 12.2. The number of aliphatic hydroxyl groups excluding tert-OH is 1. The molecule has 1 atom stereocenters. The first-order valence-corrected chi connectivity index (χ1v) is 11.2. The number of sulfonamides is 1. The molecule has 0 saturated heterocycles. The molecule has 0 amide bonds. The van der Waals surface area contributed by atoms with E-state index in [-0.39, 0.29) is 42.0 Å². The first kappa shape index (κ1) is 27.4. The molecule has 4 N–H and O–H groups in total. The Kier molecular flexibility index (Phi) is 14.9. The lowest BCUT2D eigenvalue weighted by molar-refractivity contribution is 0.253. The monoisotopic (exact) mass is 546 g/mol. The molecule has 1 aromatic rings. The van der Waals surface area contributed by atoms with Crippen LogP contribution < -0.4 is 15.4 Å². The molecule has 1 unspecified atom stereocenters. The van der Waals surface area contributed by atoms with E-state index in [2.05, 4.69) is 27.3 Å². The highest BCUT2D eigenvalue weighted by molar-refractivity contribution is 14.0. The lowest BCUT2D eigenvalue weighted by atomic mass is 10.0. The molecule has 0 saturated carbocycles. The van der Waals surface area contributed by atoms with Gasteiger partial charge in [-0.25, -0.2) is 13.1 Å². The summed E-state index contributed by atoms with van der Waals surface area (Å²) in [7, 11) is -3.60. The van der Waals surface area contributed by atoms with E-state index in [0.29, 0.717) is 36.5 Å². The van der Waals surface area contributed by atoms with Gasteiger partial charge in [-0.2, -0.15) is 0 Å². The normalized spacial score (nSPS) is 12.9. The molecule has 7 nitrogen and oxygen atoms in total. The second-order valence-corrected chi connectivity index (χ2v) is 8.37. The van der Waals surface area contributed by atoms with Crippen LogP contribution in [0.25, 0.3) is 0 Å². The zero-order valence-electron chi connectivity index (χ0n) is 16.4. The summed E-state index contributed by atoms with van der Waals surface area (Å²) in [6.07, 6.45) is 2.80. The number of nitrogens with one attached hydrogen (secondary N) is 3. The fourth-order valence-electron chi connectivity index (χ4n) is 2.56. The number of nitrogens with zero attached hydrogens (tertiary/aromatic N) is 1. The number of benzene rings is 1. The third-order valence-electron chi connectivity index (χ3n) is 3.90. The van der Waals surface area contributed by atoms with Gasteiger partial charge in [0.15, 0.2) is 5.96 Å². The van der Waals surface area contributed by atoms with Crippen LogP contribution in [0.3, 0.4) is 0 Å². The van der Waals surface area contributed by atoms with Crippen molar-refractivity contribution < 1.29 is 13.5 Å². The van der Waals surface area contributed by atoms with Gasteiger partial charge in [0.25, 0.3) is 0 Å². The first-order chi connectivity index (χ1) is 12.9. The Labute approximate surface area is 190 Å². The van der Waals surface area contributed by atoms with Crippen molar-refractivity contribution in [3.63, 3.8) is 0 Å². The van der Waals surface area contributed by atoms with Crippen molar-refractivity contribution in [3.05, 3.63) is 29.3 Å². The number of hydrogen-bond acceptors (Lipinski definition) is 4. The molecule has 1 aromatic carbocycles. The zero-order chi connectivity index (χ0) is 20.1. The average molecular weight is 547 g/mol. The summed E-state index contributed by atoms with van der Waals surface area (Å²) in [5.41, 5.74) is 0. The van der Waals surface area contributed by atoms with Crippen LogP contribution >= 0.6 is 35.6 Å². The molecule has 0 aliphatic rings. The minimum absolute atomic E-state index is 0. The van der Waals surface area contributed by atoms with E-state index in [1.165, 1.54) is 12.1 Å². The van der Waals surface area contributed by atoms with Crippen LogP contribution in [0.2, 0.25) is 5.02 Å². The SMILES string of the molecule is CCCC(CCO)CN=C(NCC)NCCNS(=O)(=O)c1cccc(Cl)c1.I. The number of guanidine groups is 1. The molecule has 0 aliphatic heterocycles.